The molecule has 0 saturated heterocycles. The van der Waals surface area contributed by atoms with Gasteiger partial charge in [0.1, 0.15) is 11.6 Å². The van der Waals surface area contributed by atoms with Crippen molar-refractivity contribution in [1.82, 2.24) is 25.1 Å². The van der Waals surface area contributed by atoms with Crippen molar-refractivity contribution in [2.45, 2.75) is 6.92 Å². The molecule has 1 aromatic carbocycles. The van der Waals surface area contributed by atoms with Crippen LogP contribution in [-0.2, 0) is 0 Å². The number of aromatic nitrogens is 4. The van der Waals surface area contributed by atoms with E-state index in [-0.39, 0.29) is 11.6 Å². The maximum atomic E-state index is 12.1. The highest BCUT2D eigenvalue weighted by atomic mass is 16.6. The van der Waals surface area contributed by atoms with E-state index in [0.29, 0.717) is 36.1 Å². The fourth-order valence-corrected chi connectivity index (χ4v) is 2.37. The van der Waals surface area contributed by atoms with Crippen LogP contribution < -0.4 is 10.6 Å². The van der Waals surface area contributed by atoms with Gasteiger partial charge >= 0.3 is 0 Å². The van der Waals surface area contributed by atoms with Crippen LogP contribution in [-0.4, -0.2) is 43.7 Å². The highest BCUT2D eigenvalue weighted by Crippen LogP contribution is 2.12. The Morgan fingerprint density at radius 2 is 2.00 bits per heavy atom. The zero-order valence-corrected chi connectivity index (χ0v) is 14.5. The maximum absolute atomic E-state index is 12.1. The number of aryl methyl sites for hydroxylation is 1. The Bertz CT molecular complexity index is 940. The molecule has 0 fully saturated rings. The van der Waals surface area contributed by atoms with Crippen molar-refractivity contribution in [3.05, 3.63) is 70.3 Å². The predicted octanol–water partition coefficient (Wildman–Crippen LogP) is 1.72. The normalized spacial score (nSPS) is 10.4. The largest absolute Gasteiger partial charge is 0.368 e. The second-order valence-electron chi connectivity index (χ2n) is 5.60. The summed E-state index contributed by atoms with van der Waals surface area (Å²) in [6.07, 6.45) is 3.45. The van der Waals surface area contributed by atoms with E-state index in [9.17, 15) is 14.9 Å². The van der Waals surface area contributed by atoms with E-state index in [1.807, 2.05) is 0 Å². The Labute approximate surface area is 154 Å². The van der Waals surface area contributed by atoms with Gasteiger partial charge in [-0.05, 0) is 25.1 Å². The van der Waals surface area contributed by atoms with E-state index >= 15 is 0 Å². The first-order chi connectivity index (χ1) is 13.0. The third-order valence-corrected chi connectivity index (χ3v) is 3.62. The van der Waals surface area contributed by atoms with E-state index in [4.69, 9.17) is 0 Å². The number of hydrogen-bond acceptors (Lipinski definition) is 7. The van der Waals surface area contributed by atoms with E-state index in [1.165, 1.54) is 24.3 Å². The van der Waals surface area contributed by atoms with Crippen molar-refractivity contribution in [3.8, 4) is 5.82 Å². The lowest BCUT2D eigenvalue weighted by molar-refractivity contribution is -0.384. The summed E-state index contributed by atoms with van der Waals surface area (Å²) in [7, 11) is 0. The molecule has 0 spiro atoms. The van der Waals surface area contributed by atoms with Crippen LogP contribution in [0.4, 0.5) is 11.5 Å². The van der Waals surface area contributed by atoms with Crippen molar-refractivity contribution < 1.29 is 9.72 Å². The molecule has 27 heavy (non-hydrogen) atoms. The quantitative estimate of drug-likeness (QED) is 0.370. The van der Waals surface area contributed by atoms with E-state index in [1.54, 1.807) is 36.1 Å². The predicted molar refractivity (Wildman–Crippen MR) is 97.8 cm³/mol. The summed E-state index contributed by atoms with van der Waals surface area (Å²) in [4.78, 5) is 30.8. The van der Waals surface area contributed by atoms with Crippen LogP contribution in [0.25, 0.3) is 5.82 Å². The summed E-state index contributed by atoms with van der Waals surface area (Å²) in [6, 6.07) is 9.01. The molecular weight excluding hydrogens is 350 g/mol. The molecule has 2 aromatic heterocycles. The van der Waals surface area contributed by atoms with Gasteiger partial charge in [0, 0.05) is 49.2 Å². The molecule has 10 nitrogen and oxygen atoms in total. The molecule has 0 aliphatic carbocycles. The first kappa shape index (κ1) is 18.0. The van der Waals surface area contributed by atoms with Crippen LogP contribution in [0.1, 0.15) is 16.2 Å². The minimum Gasteiger partial charge on any atom is -0.368 e. The number of nitro groups is 1. The number of nitrogens with one attached hydrogen (secondary N) is 2. The Kier molecular flexibility index (Phi) is 5.36. The fourth-order valence-electron chi connectivity index (χ4n) is 2.37. The van der Waals surface area contributed by atoms with Crippen LogP contribution in [0, 0.1) is 17.0 Å². The van der Waals surface area contributed by atoms with Crippen molar-refractivity contribution in [2.75, 3.05) is 18.4 Å². The molecule has 0 atom stereocenters. The van der Waals surface area contributed by atoms with Gasteiger partial charge in [0.2, 0.25) is 0 Å². The molecule has 0 aliphatic rings. The van der Waals surface area contributed by atoms with Gasteiger partial charge in [-0.2, -0.15) is 5.10 Å². The van der Waals surface area contributed by atoms with Crippen molar-refractivity contribution in [1.29, 1.82) is 0 Å². The number of nitrogens with zero attached hydrogens (tertiary/aromatic N) is 5. The van der Waals surface area contributed by atoms with E-state index in [0.717, 1.165) is 0 Å². The van der Waals surface area contributed by atoms with Gasteiger partial charge in [-0.3, -0.25) is 14.9 Å². The lowest BCUT2D eigenvalue weighted by Crippen LogP contribution is -2.29. The van der Waals surface area contributed by atoms with Crippen molar-refractivity contribution >= 4 is 17.4 Å². The number of nitro benzene ring substituents is 1. The van der Waals surface area contributed by atoms with Gasteiger partial charge in [0.25, 0.3) is 11.6 Å². The number of non-ortho nitro benzene ring substituents is 1. The summed E-state index contributed by atoms with van der Waals surface area (Å²) in [5.41, 5.74) is 0.305. The Morgan fingerprint density at radius 1 is 1.22 bits per heavy atom. The maximum Gasteiger partial charge on any atom is 0.269 e. The third-order valence-electron chi connectivity index (χ3n) is 3.62. The molecule has 0 saturated carbocycles. The SMILES string of the molecule is Cc1nc(NCCNC(=O)c2ccc([N+](=O)[O-])cc2)cc(-n2cccn2)n1. The Hall–Kier alpha value is -3.82. The van der Waals surface area contributed by atoms with E-state index < -0.39 is 4.92 Å². The second kappa shape index (κ2) is 8.04. The molecule has 0 bridgehead atoms. The molecular formula is C17H17N7O3. The summed E-state index contributed by atoms with van der Waals surface area (Å²) in [6.45, 7) is 2.60. The number of hydrogen-bond donors (Lipinski definition) is 2. The first-order valence-electron chi connectivity index (χ1n) is 8.15. The van der Waals surface area contributed by atoms with Crippen LogP contribution in [0.15, 0.2) is 48.8 Å². The summed E-state index contributed by atoms with van der Waals surface area (Å²) < 4.78 is 1.64. The minimum atomic E-state index is -0.507. The molecule has 2 N–H and O–H groups in total. The molecule has 10 heteroatoms. The summed E-state index contributed by atoms with van der Waals surface area (Å²) >= 11 is 0. The first-order valence-corrected chi connectivity index (χ1v) is 8.15. The highest BCUT2D eigenvalue weighted by Gasteiger charge is 2.09. The van der Waals surface area contributed by atoms with E-state index in [2.05, 4.69) is 25.7 Å². The number of anilines is 1. The van der Waals surface area contributed by atoms with Crippen molar-refractivity contribution in [3.63, 3.8) is 0 Å². The second-order valence-corrected chi connectivity index (χ2v) is 5.60. The topological polar surface area (TPSA) is 128 Å². The molecule has 3 rings (SSSR count). The van der Waals surface area contributed by atoms with Gasteiger partial charge in [-0.25, -0.2) is 14.6 Å². The zero-order chi connectivity index (χ0) is 19.2. The monoisotopic (exact) mass is 367 g/mol. The van der Waals surface area contributed by atoms with Crippen LogP contribution in [0.3, 0.4) is 0 Å². The Balaban J connectivity index is 1.53. The fraction of sp³-hybridized carbons (Fsp3) is 0.176. The molecule has 0 aliphatic heterocycles. The molecule has 3 aromatic rings. The molecule has 0 unspecified atom stereocenters. The number of carbonyl (C=O) groups excluding carboxylic acids is 1. The van der Waals surface area contributed by atoms with Crippen LogP contribution in [0.5, 0.6) is 0 Å². The van der Waals surface area contributed by atoms with Crippen LogP contribution >= 0.6 is 0 Å². The minimum absolute atomic E-state index is 0.0552. The summed E-state index contributed by atoms with van der Waals surface area (Å²) in [5.74, 6) is 1.56. The number of carbonyl (C=O) groups is 1. The highest BCUT2D eigenvalue weighted by molar-refractivity contribution is 5.94. The van der Waals surface area contributed by atoms with Crippen LogP contribution in [0.2, 0.25) is 0 Å². The summed E-state index contributed by atoms with van der Waals surface area (Å²) in [5, 5.41) is 20.6. The molecule has 138 valence electrons. The third kappa shape index (κ3) is 4.63. The molecule has 2 heterocycles. The van der Waals surface area contributed by atoms with Gasteiger partial charge in [-0.15, -0.1) is 0 Å². The Morgan fingerprint density at radius 3 is 2.67 bits per heavy atom. The van der Waals surface area contributed by atoms with Gasteiger partial charge in [0.15, 0.2) is 5.82 Å². The van der Waals surface area contributed by atoms with Gasteiger partial charge in [0.05, 0.1) is 4.92 Å². The average Bonchev–Trinajstić information content (AvgIpc) is 3.19. The standard InChI is InChI=1S/C17H17N7O3/c1-12-21-15(11-16(22-12)23-10-2-7-20-23)18-8-9-19-17(25)13-3-5-14(6-4-13)24(26)27/h2-7,10-11H,8-9H2,1H3,(H,19,25)(H,18,21,22). The number of amides is 1. The van der Waals surface area contributed by atoms with Gasteiger partial charge < -0.3 is 10.6 Å². The average molecular weight is 367 g/mol. The molecule has 0 radical (unpaired) electrons. The lowest BCUT2D eigenvalue weighted by atomic mass is 10.2. The lowest BCUT2D eigenvalue weighted by Gasteiger charge is -2.09. The molecule has 1 amide bonds. The van der Waals surface area contributed by atoms with Crippen molar-refractivity contribution in [2.24, 2.45) is 0 Å². The number of rotatable bonds is 7. The smallest absolute Gasteiger partial charge is 0.269 e. The zero-order valence-electron chi connectivity index (χ0n) is 14.5. The van der Waals surface area contributed by atoms with Gasteiger partial charge in [-0.1, -0.05) is 0 Å². The number of benzene rings is 1.